The fraction of sp³-hybridized carbons (Fsp3) is 0.909. The van der Waals surface area contributed by atoms with E-state index >= 15 is 0 Å². The molecule has 3 nitrogen and oxygen atoms in total. The van der Waals surface area contributed by atoms with Crippen molar-refractivity contribution in [2.75, 3.05) is 14.2 Å². The van der Waals surface area contributed by atoms with Gasteiger partial charge >= 0.3 is 5.97 Å². The summed E-state index contributed by atoms with van der Waals surface area (Å²) in [6.07, 6.45) is 2.08. The van der Waals surface area contributed by atoms with Crippen LogP contribution in [-0.2, 0) is 9.53 Å². The number of ether oxygens (including phenoxy) is 1. The van der Waals surface area contributed by atoms with Crippen molar-refractivity contribution in [1.82, 2.24) is 5.32 Å². The molecule has 0 aromatic carbocycles. The summed E-state index contributed by atoms with van der Waals surface area (Å²) in [7, 11) is 3.36. The Morgan fingerprint density at radius 1 is 1.43 bits per heavy atom. The standard InChI is InChI=1S/C11H23NO2/c1-6-7-9(12-4)10(8(2)3)11(13)14-5/h8-10,12H,6-7H2,1-5H3. The van der Waals surface area contributed by atoms with Gasteiger partial charge in [-0.05, 0) is 19.4 Å². The van der Waals surface area contributed by atoms with Gasteiger partial charge in [0.1, 0.15) is 0 Å². The maximum atomic E-state index is 11.6. The minimum absolute atomic E-state index is 0.0371. The number of rotatable bonds is 6. The van der Waals surface area contributed by atoms with E-state index in [1.54, 1.807) is 0 Å². The van der Waals surface area contributed by atoms with Gasteiger partial charge in [-0.3, -0.25) is 4.79 Å². The Kier molecular flexibility index (Phi) is 6.54. The predicted molar refractivity (Wildman–Crippen MR) is 58.1 cm³/mol. The van der Waals surface area contributed by atoms with Crippen LogP contribution in [0.3, 0.4) is 0 Å². The first kappa shape index (κ1) is 13.4. The van der Waals surface area contributed by atoms with Crippen LogP contribution in [0.25, 0.3) is 0 Å². The van der Waals surface area contributed by atoms with E-state index in [0.717, 1.165) is 12.8 Å². The summed E-state index contributed by atoms with van der Waals surface area (Å²) in [6.45, 7) is 6.24. The van der Waals surface area contributed by atoms with Crippen LogP contribution in [0.4, 0.5) is 0 Å². The smallest absolute Gasteiger partial charge is 0.310 e. The van der Waals surface area contributed by atoms with E-state index in [1.807, 2.05) is 7.05 Å². The van der Waals surface area contributed by atoms with E-state index in [2.05, 4.69) is 26.1 Å². The van der Waals surface area contributed by atoms with Crippen molar-refractivity contribution < 1.29 is 9.53 Å². The van der Waals surface area contributed by atoms with Crippen LogP contribution >= 0.6 is 0 Å². The van der Waals surface area contributed by atoms with Gasteiger partial charge in [-0.1, -0.05) is 27.2 Å². The molecule has 0 aromatic rings. The first-order chi connectivity index (χ1) is 6.58. The van der Waals surface area contributed by atoms with Gasteiger partial charge in [0.05, 0.1) is 13.0 Å². The van der Waals surface area contributed by atoms with Crippen molar-refractivity contribution in [2.24, 2.45) is 11.8 Å². The molecule has 14 heavy (non-hydrogen) atoms. The van der Waals surface area contributed by atoms with Gasteiger partial charge in [0.15, 0.2) is 0 Å². The summed E-state index contributed by atoms with van der Waals surface area (Å²) in [6, 6.07) is 0.229. The molecule has 0 bridgehead atoms. The van der Waals surface area contributed by atoms with Crippen molar-refractivity contribution in [2.45, 2.75) is 39.7 Å². The molecular formula is C11H23NO2. The lowest BCUT2D eigenvalue weighted by atomic mass is 9.86. The van der Waals surface area contributed by atoms with Crippen molar-refractivity contribution in [3.05, 3.63) is 0 Å². The second-order valence-electron chi connectivity index (χ2n) is 3.98. The van der Waals surface area contributed by atoms with Crippen LogP contribution in [-0.4, -0.2) is 26.2 Å². The van der Waals surface area contributed by atoms with Gasteiger partial charge in [-0.2, -0.15) is 0 Å². The molecule has 0 heterocycles. The van der Waals surface area contributed by atoms with E-state index in [9.17, 15) is 4.79 Å². The molecule has 0 saturated heterocycles. The third-order valence-electron chi connectivity index (χ3n) is 2.60. The molecule has 84 valence electrons. The molecule has 0 aromatic heterocycles. The van der Waals surface area contributed by atoms with E-state index in [1.165, 1.54) is 7.11 Å². The molecule has 0 saturated carbocycles. The van der Waals surface area contributed by atoms with Gasteiger partial charge in [-0.15, -0.1) is 0 Å². The Hall–Kier alpha value is -0.570. The first-order valence-corrected chi connectivity index (χ1v) is 5.33. The first-order valence-electron chi connectivity index (χ1n) is 5.33. The zero-order valence-corrected chi connectivity index (χ0v) is 9.96. The minimum atomic E-state index is -0.104. The third-order valence-corrected chi connectivity index (χ3v) is 2.60. The topological polar surface area (TPSA) is 38.3 Å². The van der Waals surface area contributed by atoms with Crippen LogP contribution < -0.4 is 5.32 Å². The van der Waals surface area contributed by atoms with Gasteiger partial charge in [0, 0.05) is 6.04 Å². The van der Waals surface area contributed by atoms with Crippen molar-refractivity contribution in [1.29, 1.82) is 0 Å². The maximum absolute atomic E-state index is 11.6. The predicted octanol–water partition coefficient (Wildman–Crippen LogP) is 1.82. The lowest BCUT2D eigenvalue weighted by molar-refractivity contribution is -0.148. The molecule has 0 radical (unpaired) electrons. The Bertz CT molecular complexity index is 169. The van der Waals surface area contributed by atoms with Crippen LogP contribution in [0.5, 0.6) is 0 Å². The number of nitrogens with one attached hydrogen (secondary N) is 1. The van der Waals surface area contributed by atoms with Gasteiger partial charge < -0.3 is 10.1 Å². The molecule has 1 N–H and O–H groups in total. The highest BCUT2D eigenvalue weighted by Gasteiger charge is 2.30. The van der Waals surface area contributed by atoms with Crippen LogP contribution in [0, 0.1) is 11.8 Å². The Morgan fingerprint density at radius 3 is 2.29 bits per heavy atom. The molecule has 2 unspecified atom stereocenters. The quantitative estimate of drug-likeness (QED) is 0.666. The SMILES string of the molecule is CCCC(NC)C(C(=O)OC)C(C)C. The largest absolute Gasteiger partial charge is 0.469 e. The fourth-order valence-electron chi connectivity index (χ4n) is 1.85. The molecule has 0 aliphatic rings. The molecule has 0 aliphatic heterocycles. The molecule has 3 heteroatoms. The Morgan fingerprint density at radius 2 is 2.00 bits per heavy atom. The number of hydrogen-bond donors (Lipinski definition) is 1. The second kappa shape index (κ2) is 6.82. The molecule has 0 rings (SSSR count). The molecule has 0 aliphatic carbocycles. The number of carbonyl (C=O) groups excluding carboxylic acids is 1. The average Bonchev–Trinajstić information content (AvgIpc) is 2.16. The van der Waals surface area contributed by atoms with Crippen molar-refractivity contribution >= 4 is 5.97 Å². The fourth-order valence-corrected chi connectivity index (χ4v) is 1.85. The summed E-state index contributed by atoms with van der Waals surface area (Å²) in [5.74, 6) is 0.171. The number of hydrogen-bond acceptors (Lipinski definition) is 3. The number of carbonyl (C=O) groups is 1. The van der Waals surface area contributed by atoms with E-state index < -0.39 is 0 Å². The highest BCUT2D eigenvalue weighted by molar-refractivity contribution is 5.73. The summed E-state index contributed by atoms with van der Waals surface area (Å²) in [5.41, 5.74) is 0. The second-order valence-corrected chi connectivity index (χ2v) is 3.98. The minimum Gasteiger partial charge on any atom is -0.469 e. The maximum Gasteiger partial charge on any atom is 0.310 e. The molecule has 0 amide bonds. The molecule has 2 atom stereocenters. The molecule has 0 spiro atoms. The Labute approximate surface area is 87.2 Å². The van der Waals surface area contributed by atoms with Gasteiger partial charge in [-0.25, -0.2) is 0 Å². The van der Waals surface area contributed by atoms with Crippen molar-refractivity contribution in [3.63, 3.8) is 0 Å². The summed E-state index contributed by atoms with van der Waals surface area (Å²) < 4.78 is 4.82. The lowest BCUT2D eigenvalue weighted by Crippen LogP contribution is -2.41. The van der Waals surface area contributed by atoms with Crippen LogP contribution in [0.15, 0.2) is 0 Å². The van der Waals surface area contributed by atoms with E-state index in [4.69, 9.17) is 4.74 Å². The molecular weight excluding hydrogens is 178 g/mol. The highest BCUT2D eigenvalue weighted by Crippen LogP contribution is 2.20. The van der Waals surface area contributed by atoms with E-state index in [0.29, 0.717) is 5.92 Å². The van der Waals surface area contributed by atoms with Gasteiger partial charge in [0.2, 0.25) is 0 Å². The average molecular weight is 201 g/mol. The van der Waals surface area contributed by atoms with Crippen LogP contribution in [0.2, 0.25) is 0 Å². The molecule has 0 fully saturated rings. The van der Waals surface area contributed by atoms with Crippen molar-refractivity contribution in [3.8, 4) is 0 Å². The lowest BCUT2D eigenvalue weighted by Gasteiger charge is -2.27. The monoisotopic (exact) mass is 201 g/mol. The van der Waals surface area contributed by atoms with Gasteiger partial charge in [0.25, 0.3) is 0 Å². The number of methoxy groups -OCH3 is 1. The summed E-state index contributed by atoms with van der Waals surface area (Å²) in [5, 5.41) is 3.20. The Balaban J connectivity index is 4.51. The summed E-state index contributed by atoms with van der Waals surface area (Å²) in [4.78, 5) is 11.6. The zero-order valence-electron chi connectivity index (χ0n) is 9.96. The zero-order chi connectivity index (χ0) is 11.1. The van der Waals surface area contributed by atoms with E-state index in [-0.39, 0.29) is 17.9 Å². The number of esters is 1. The summed E-state index contributed by atoms with van der Waals surface area (Å²) >= 11 is 0. The highest BCUT2D eigenvalue weighted by atomic mass is 16.5. The van der Waals surface area contributed by atoms with Crippen LogP contribution in [0.1, 0.15) is 33.6 Å². The normalized spacial score (nSPS) is 15.3. The third kappa shape index (κ3) is 3.66.